The maximum atomic E-state index is 11.6. The number of aryl methyl sites for hydroxylation is 1. The Balaban J connectivity index is 2.53. The lowest BCUT2D eigenvalue weighted by Gasteiger charge is -2.20. The van der Waals surface area contributed by atoms with E-state index in [-0.39, 0.29) is 12.3 Å². The first-order valence-electron chi connectivity index (χ1n) is 5.48. The lowest BCUT2D eigenvalue weighted by atomic mass is 10.0. The van der Waals surface area contributed by atoms with Crippen LogP contribution in [0, 0.1) is 12.8 Å². The van der Waals surface area contributed by atoms with E-state index in [1.165, 1.54) is 11.3 Å². The number of nitrogens with one attached hydrogen (secondary N) is 2. The summed E-state index contributed by atoms with van der Waals surface area (Å²) in [6.07, 6.45) is -0.111. The summed E-state index contributed by atoms with van der Waals surface area (Å²) in [5, 5.41) is 22.5. The molecule has 3 N–H and O–H groups in total. The largest absolute Gasteiger partial charge is 0.481 e. The first-order valence-corrected chi connectivity index (χ1v) is 6.29. The monoisotopic (exact) mass is 272 g/mol. The number of aliphatic carboxylic acids is 1. The van der Waals surface area contributed by atoms with Crippen molar-refractivity contribution in [2.75, 3.05) is 5.32 Å². The third-order valence-electron chi connectivity index (χ3n) is 2.26. The van der Waals surface area contributed by atoms with Gasteiger partial charge in [-0.15, -0.1) is 10.2 Å². The number of amides is 2. The highest BCUT2D eigenvalue weighted by Gasteiger charge is 2.19. The van der Waals surface area contributed by atoms with Gasteiger partial charge >= 0.3 is 12.0 Å². The van der Waals surface area contributed by atoms with Crippen LogP contribution >= 0.6 is 11.3 Å². The van der Waals surface area contributed by atoms with E-state index in [4.69, 9.17) is 5.11 Å². The Kier molecular flexibility index (Phi) is 5.02. The fourth-order valence-electron chi connectivity index (χ4n) is 1.29. The number of urea groups is 1. The van der Waals surface area contributed by atoms with E-state index < -0.39 is 18.0 Å². The van der Waals surface area contributed by atoms with Crippen molar-refractivity contribution in [3.8, 4) is 0 Å². The molecule has 1 unspecified atom stereocenters. The molecule has 0 aromatic carbocycles. The van der Waals surface area contributed by atoms with Gasteiger partial charge in [-0.25, -0.2) is 4.79 Å². The fourth-order valence-corrected chi connectivity index (χ4v) is 1.88. The van der Waals surface area contributed by atoms with Crippen molar-refractivity contribution >= 4 is 28.5 Å². The smallest absolute Gasteiger partial charge is 0.321 e. The number of anilines is 1. The van der Waals surface area contributed by atoms with Crippen LogP contribution in [-0.4, -0.2) is 33.3 Å². The van der Waals surface area contributed by atoms with Crippen LogP contribution in [-0.2, 0) is 4.79 Å². The lowest BCUT2D eigenvalue weighted by Crippen LogP contribution is -2.42. The Morgan fingerprint density at radius 3 is 2.50 bits per heavy atom. The van der Waals surface area contributed by atoms with Crippen LogP contribution in [0.2, 0.25) is 0 Å². The predicted octanol–water partition coefficient (Wildman–Crippen LogP) is 1.47. The molecule has 8 heteroatoms. The number of rotatable bonds is 5. The minimum atomic E-state index is -0.944. The molecule has 0 bridgehead atoms. The molecular weight excluding hydrogens is 256 g/mol. The summed E-state index contributed by atoms with van der Waals surface area (Å²) in [5.41, 5.74) is 0. The highest BCUT2D eigenvalue weighted by Crippen LogP contribution is 2.13. The first-order chi connectivity index (χ1) is 8.38. The minimum absolute atomic E-state index is 0.0306. The zero-order valence-corrected chi connectivity index (χ0v) is 11.2. The average Bonchev–Trinajstić information content (AvgIpc) is 2.62. The fraction of sp³-hybridized carbons (Fsp3) is 0.600. The van der Waals surface area contributed by atoms with Crippen molar-refractivity contribution in [3.05, 3.63) is 5.01 Å². The van der Waals surface area contributed by atoms with Gasteiger partial charge in [-0.2, -0.15) is 0 Å². The maximum absolute atomic E-state index is 11.6. The van der Waals surface area contributed by atoms with Gasteiger partial charge < -0.3 is 10.4 Å². The van der Waals surface area contributed by atoms with Gasteiger partial charge in [-0.1, -0.05) is 25.2 Å². The van der Waals surface area contributed by atoms with Crippen molar-refractivity contribution in [1.82, 2.24) is 15.5 Å². The van der Waals surface area contributed by atoms with Gasteiger partial charge in [-0.05, 0) is 12.8 Å². The van der Waals surface area contributed by atoms with Crippen LogP contribution in [0.3, 0.4) is 0 Å². The third-order valence-corrected chi connectivity index (χ3v) is 3.02. The first kappa shape index (κ1) is 14.4. The number of hydrogen-bond donors (Lipinski definition) is 3. The highest BCUT2D eigenvalue weighted by molar-refractivity contribution is 7.15. The van der Waals surface area contributed by atoms with E-state index in [2.05, 4.69) is 20.8 Å². The normalized spacial score (nSPS) is 12.2. The summed E-state index contributed by atoms with van der Waals surface area (Å²) in [5.74, 6) is -0.913. The molecule has 1 aromatic rings. The number of aromatic nitrogens is 2. The number of carbonyl (C=O) groups is 2. The quantitative estimate of drug-likeness (QED) is 0.753. The second-order valence-corrected chi connectivity index (χ2v) is 5.35. The number of nitrogens with zero attached hydrogens (tertiary/aromatic N) is 2. The van der Waals surface area contributed by atoms with Crippen LogP contribution in [0.1, 0.15) is 25.3 Å². The molecule has 7 nitrogen and oxygen atoms in total. The molecule has 100 valence electrons. The summed E-state index contributed by atoms with van der Waals surface area (Å²) < 4.78 is 0. The summed E-state index contributed by atoms with van der Waals surface area (Å²) >= 11 is 1.25. The Hall–Kier alpha value is -1.70. The minimum Gasteiger partial charge on any atom is -0.481 e. The molecule has 0 aliphatic heterocycles. The number of carboxylic acids is 1. The van der Waals surface area contributed by atoms with Gasteiger partial charge in [0.15, 0.2) is 0 Å². The molecule has 18 heavy (non-hydrogen) atoms. The third kappa shape index (κ3) is 4.66. The number of carboxylic acid groups (broad SMARTS) is 1. The molecule has 1 atom stereocenters. The van der Waals surface area contributed by atoms with E-state index in [0.717, 1.165) is 5.01 Å². The Bertz CT molecular complexity index is 433. The van der Waals surface area contributed by atoms with Gasteiger partial charge in [0.1, 0.15) is 5.01 Å². The summed E-state index contributed by atoms with van der Waals surface area (Å²) in [4.78, 5) is 22.3. The molecule has 2 amide bonds. The molecule has 0 saturated carbocycles. The molecule has 0 aliphatic carbocycles. The van der Waals surface area contributed by atoms with Crippen LogP contribution in [0.25, 0.3) is 0 Å². The Morgan fingerprint density at radius 1 is 1.39 bits per heavy atom. The average molecular weight is 272 g/mol. The highest BCUT2D eigenvalue weighted by atomic mass is 32.1. The summed E-state index contributed by atoms with van der Waals surface area (Å²) in [7, 11) is 0. The van der Waals surface area contributed by atoms with Crippen LogP contribution < -0.4 is 10.6 Å². The van der Waals surface area contributed by atoms with Crippen molar-refractivity contribution in [3.63, 3.8) is 0 Å². The van der Waals surface area contributed by atoms with Crippen LogP contribution in [0.4, 0.5) is 9.93 Å². The van der Waals surface area contributed by atoms with Gasteiger partial charge in [-0.3, -0.25) is 10.1 Å². The second kappa shape index (κ2) is 6.29. The summed E-state index contributed by atoms with van der Waals surface area (Å²) in [6.45, 7) is 5.48. The Labute approximate surface area is 109 Å². The standard InChI is InChI=1S/C10H16N4O3S/c1-5(2)7(4-8(15)16)11-9(17)12-10-14-13-6(3)18-10/h5,7H,4H2,1-3H3,(H,15,16)(H2,11,12,14,17). The van der Waals surface area contributed by atoms with Gasteiger partial charge in [0.25, 0.3) is 0 Å². The number of carbonyl (C=O) groups excluding carboxylic acids is 1. The van der Waals surface area contributed by atoms with Crippen LogP contribution in [0.15, 0.2) is 0 Å². The molecule has 0 spiro atoms. The molecule has 1 rings (SSSR count). The maximum Gasteiger partial charge on any atom is 0.321 e. The predicted molar refractivity (Wildman–Crippen MR) is 67.7 cm³/mol. The topological polar surface area (TPSA) is 104 Å². The van der Waals surface area contributed by atoms with Crippen molar-refractivity contribution in [1.29, 1.82) is 0 Å². The molecule has 0 radical (unpaired) electrons. The number of hydrogen-bond acceptors (Lipinski definition) is 5. The van der Waals surface area contributed by atoms with E-state index in [0.29, 0.717) is 5.13 Å². The molecule has 1 aromatic heterocycles. The second-order valence-electron chi connectivity index (χ2n) is 4.17. The van der Waals surface area contributed by atoms with Gasteiger partial charge in [0.05, 0.1) is 6.42 Å². The molecule has 0 saturated heterocycles. The molecule has 0 fully saturated rings. The zero-order chi connectivity index (χ0) is 13.7. The van der Waals surface area contributed by atoms with E-state index >= 15 is 0 Å². The van der Waals surface area contributed by atoms with Crippen LogP contribution in [0.5, 0.6) is 0 Å². The van der Waals surface area contributed by atoms with Gasteiger partial charge in [0.2, 0.25) is 5.13 Å². The van der Waals surface area contributed by atoms with Gasteiger partial charge in [0, 0.05) is 6.04 Å². The zero-order valence-electron chi connectivity index (χ0n) is 10.4. The molecule has 1 heterocycles. The van der Waals surface area contributed by atoms with Crippen molar-refractivity contribution in [2.24, 2.45) is 5.92 Å². The SMILES string of the molecule is Cc1nnc(NC(=O)NC(CC(=O)O)C(C)C)s1. The molecular formula is C10H16N4O3S. The molecule has 0 aliphatic rings. The summed E-state index contributed by atoms with van der Waals surface area (Å²) in [6, 6.07) is -0.886. The van der Waals surface area contributed by atoms with Crippen molar-refractivity contribution in [2.45, 2.75) is 33.2 Å². The Morgan fingerprint density at radius 2 is 2.06 bits per heavy atom. The van der Waals surface area contributed by atoms with E-state index in [1.807, 2.05) is 13.8 Å². The van der Waals surface area contributed by atoms with E-state index in [1.54, 1.807) is 6.92 Å². The van der Waals surface area contributed by atoms with Crippen molar-refractivity contribution < 1.29 is 14.7 Å². The lowest BCUT2D eigenvalue weighted by molar-refractivity contribution is -0.137. The van der Waals surface area contributed by atoms with E-state index in [9.17, 15) is 9.59 Å².